The van der Waals surface area contributed by atoms with E-state index < -0.39 is 5.41 Å². The normalized spacial score (nSPS) is 12.1. The Kier molecular flexibility index (Phi) is 4.97. The largest absolute Gasteiger partial charge is 0.508 e. The lowest BCUT2D eigenvalue weighted by molar-refractivity contribution is 0.0369. The Bertz CT molecular complexity index is 326. The Hall–Kier alpha value is -1.06. The number of aliphatic hydroxyl groups is 2. The summed E-state index contributed by atoms with van der Waals surface area (Å²) in [5.41, 5.74) is 0.553. The monoisotopic (exact) mass is 238 g/mol. The quantitative estimate of drug-likeness (QED) is 0.710. The minimum Gasteiger partial charge on any atom is -0.508 e. The molecule has 0 unspecified atom stereocenters. The van der Waals surface area contributed by atoms with E-state index in [2.05, 4.69) is 13.8 Å². The smallest absolute Gasteiger partial charge is 0.115 e. The molecular weight excluding hydrogens is 216 g/mol. The van der Waals surface area contributed by atoms with Crippen molar-refractivity contribution in [1.29, 1.82) is 0 Å². The molecule has 3 N–H and O–H groups in total. The predicted molar refractivity (Wildman–Crippen MR) is 67.9 cm³/mol. The van der Waals surface area contributed by atoms with Gasteiger partial charge in [0.15, 0.2) is 0 Å². The molecule has 3 nitrogen and oxygen atoms in total. The van der Waals surface area contributed by atoms with Crippen LogP contribution in [0, 0.1) is 11.3 Å². The first-order valence-corrected chi connectivity index (χ1v) is 6.01. The second-order valence-corrected chi connectivity index (χ2v) is 5.26. The summed E-state index contributed by atoms with van der Waals surface area (Å²) in [6, 6.07) is 6.92. The Labute approximate surface area is 103 Å². The molecule has 1 aromatic rings. The van der Waals surface area contributed by atoms with Gasteiger partial charge in [0, 0.05) is 5.41 Å². The molecule has 96 valence electrons. The molecule has 3 heteroatoms. The van der Waals surface area contributed by atoms with Gasteiger partial charge < -0.3 is 15.3 Å². The fourth-order valence-electron chi connectivity index (χ4n) is 2.28. The fraction of sp³-hybridized carbons (Fsp3) is 0.571. The highest BCUT2D eigenvalue weighted by Crippen LogP contribution is 2.30. The molecule has 17 heavy (non-hydrogen) atoms. The Balaban J connectivity index is 2.82. The van der Waals surface area contributed by atoms with Crippen LogP contribution in [0.4, 0.5) is 0 Å². The van der Waals surface area contributed by atoms with Gasteiger partial charge in [-0.15, -0.1) is 0 Å². The van der Waals surface area contributed by atoms with Crippen molar-refractivity contribution in [2.24, 2.45) is 11.3 Å². The van der Waals surface area contributed by atoms with Crippen molar-refractivity contribution in [3.63, 3.8) is 0 Å². The SMILES string of the molecule is CC(C)CC(CO)(CO)Cc1ccc(O)cc1. The lowest BCUT2D eigenvalue weighted by atomic mass is 9.76. The molecule has 0 atom stereocenters. The molecule has 0 spiro atoms. The summed E-state index contributed by atoms with van der Waals surface area (Å²) < 4.78 is 0. The van der Waals surface area contributed by atoms with Crippen molar-refractivity contribution in [2.45, 2.75) is 26.7 Å². The third-order valence-electron chi connectivity index (χ3n) is 3.03. The summed E-state index contributed by atoms with van der Waals surface area (Å²) in [6.45, 7) is 4.11. The van der Waals surface area contributed by atoms with Gasteiger partial charge in [-0.3, -0.25) is 0 Å². The number of phenols is 1. The summed E-state index contributed by atoms with van der Waals surface area (Å²) in [4.78, 5) is 0. The predicted octanol–water partition coefficient (Wildman–Crippen LogP) is 1.95. The maximum Gasteiger partial charge on any atom is 0.115 e. The highest BCUT2D eigenvalue weighted by molar-refractivity contribution is 5.26. The average Bonchev–Trinajstić information content (AvgIpc) is 2.30. The first kappa shape index (κ1) is 14.0. The molecule has 0 aliphatic rings. The van der Waals surface area contributed by atoms with E-state index in [1.54, 1.807) is 12.1 Å². The third-order valence-corrected chi connectivity index (χ3v) is 3.03. The summed E-state index contributed by atoms with van der Waals surface area (Å²) in [7, 11) is 0. The second-order valence-electron chi connectivity index (χ2n) is 5.26. The number of aromatic hydroxyl groups is 1. The lowest BCUT2D eigenvalue weighted by Gasteiger charge is -2.31. The topological polar surface area (TPSA) is 60.7 Å². The van der Waals surface area contributed by atoms with Gasteiger partial charge in [0.2, 0.25) is 0 Å². The van der Waals surface area contributed by atoms with E-state index in [-0.39, 0.29) is 19.0 Å². The van der Waals surface area contributed by atoms with E-state index in [0.717, 1.165) is 12.0 Å². The standard InChI is InChI=1S/C14H22O3/c1-11(2)7-14(9-15,10-16)8-12-3-5-13(17)6-4-12/h3-6,11,15-17H,7-10H2,1-2H3. The lowest BCUT2D eigenvalue weighted by Crippen LogP contribution is -2.34. The van der Waals surface area contributed by atoms with Crippen LogP contribution in [0.15, 0.2) is 24.3 Å². The van der Waals surface area contributed by atoms with Gasteiger partial charge in [-0.2, -0.15) is 0 Å². The summed E-state index contributed by atoms with van der Waals surface area (Å²) >= 11 is 0. The molecule has 1 aromatic carbocycles. The zero-order valence-corrected chi connectivity index (χ0v) is 10.6. The van der Waals surface area contributed by atoms with E-state index in [9.17, 15) is 15.3 Å². The van der Waals surface area contributed by atoms with Crippen molar-refractivity contribution in [1.82, 2.24) is 0 Å². The van der Waals surface area contributed by atoms with Gasteiger partial charge >= 0.3 is 0 Å². The zero-order valence-electron chi connectivity index (χ0n) is 10.6. The number of hydrogen-bond acceptors (Lipinski definition) is 3. The van der Waals surface area contributed by atoms with Crippen LogP contribution in [-0.2, 0) is 6.42 Å². The van der Waals surface area contributed by atoms with Crippen LogP contribution in [0.3, 0.4) is 0 Å². The van der Waals surface area contributed by atoms with E-state index in [0.29, 0.717) is 12.3 Å². The van der Waals surface area contributed by atoms with Crippen LogP contribution in [0.1, 0.15) is 25.8 Å². The number of rotatable bonds is 6. The first-order valence-electron chi connectivity index (χ1n) is 6.01. The number of benzene rings is 1. The molecule has 0 heterocycles. The van der Waals surface area contributed by atoms with Crippen LogP contribution >= 0.6 is 0 Å². The highest BCUT2D eigenvalue weighted by Gasteiger charge is 2.29. The van der Waals surface area contributed by atoms with Gasteiger partial charge in [-0.05, 0) is 36.5 Å². The summed E-state index contributed by atoms with van der Waals surface area (Å²) in [6.07, 6.45) is 1.40. The first-order chi connectivity index (χ1) is 8.01. The van der Waals surface area contributed by atoms with Crippen LogP contribution in [0.5, 0.6) is 5.75 Å². The molecule has 1 rings (SSSR count). The van der Waals surface area contributed by atoms with Crippen molar-refractivity contribution in [3.8, 4) is 5.75 Å². The molecule has 0 aromatic heterocycles. The molecule has 0 fully saturated rings. The molecule has 0 radical (unpaired) electrons. The van der Waals surface area contributed by atoms with Crippen molar-refractivity contribution in [2.75, 3.05) is 13.2 Å². The van der Waals surface area contributed by atoms with Crippen molar-refractivity contribution in [3.05, 3.63) is 29.8 Å². The molecule has 0 aliphatic heterocycles. The average molecular weight is 238 g/mol. The number of phenolic OH excluding ortho intramolecular Hbond substituents is 1. The Morgan fingerprint density at radius 1 is 1.06 bits per heavy atom. The van der Waals surface area contributed by atoms with Crippen molar-refractivity contribution < 1.29 is 15.3 Å². The minimum atomic E-state index is -0.467. The van der Waals surface area contributed by atoms with Crippen LogP contribution < -0.4 is 0 Å². The molecule has 0 amide bonds. The third kappa shape index (κ3) is 4.02. The minimum absolute atomic E-state index is 0.0252. The van der Waals surface area contributed by atoms with Gasteiger partial charge in [0.05, 0.1) is 13.2 Å². The van der Waals surface area contributed by atoms with Crippen LogP contribution in [0.2, 0.25) is 0 Å². The molecule has 0 saturated heterocycles. The van der Waals surface area contributed by atoms with E-state index in [1.807, 2.05) is 12.1 Å². The molecule has 0 aliphatic carbocycles. The Morgan fingerprint density at radius 2 is 1.59 bits per heavy atom. The summed E-state index contributed by atoms with van der Waals surface area (Å²) in [5, 5.41) is 28.3. The maximum atomic E-state index is 9.53. The highest BCUT2D eigenvalue weighted by atomic mass is 16.3. The maximum absolute atomic E-state index is 9.53. The van der Waals surface area contributed by atoms with Gasteiger partial charge in [-0.1, -0.05) is 26.0 Å². The number of aliphatic hydroxyl groups excluding tert-OH is 2. The number of hydrogen-bond donors (Lipinski definition) is 3. The fourth-order valence-corrected chi connectivity index (χ4v) is 2.28. The van der Waals surface area contributed by atoms with Crippen LogP contribution in [-0.4, -0.2) is 28.5 Å². The van der Waals surface area contributed by atoms with E-state index >= 15 is 0 Å². The van der Waals surface area contributed by atoms with Crippen molar-refractivity contribution >= 4 is 0 Å². The van der Waals surface area contributed by atoms with E-state index in [1.165, 1.54) is 0 Å². The summed E-state index contributed by atoms with van der Waals surface area (Å²) in [5.74, 6) is 0.655. The molecule has 0 saturated carbocycles. The Morgan fingerprint density at radius 3 is 2.00 bits per heavy atom. The van der Waals surface area contributed by atoms with Gasteiger partial charge in [-0.25, -0.2) is 0 Å². The molecular formula is C14H22O3. The molecule has 0 bridgehead atoms. The van der Waals surface area contributed by atoms with E-state index in [4.69, 9.17) is 0 Å². The van der Waals surface area contributed by atoms with Gasteiger partial charge in [0.1, 0.15) is 5.75 Å². The van der Waals surface area contributed by atoms with Gasteiger partial charge in [0.25, 0.3) is 0 Å². The second kappa shape index (κ2) is 6.03. The van der Waals surface area contributed by atoms with Crippen LogP contribution in [0.25, 0.3) is 0 Å². The zero-order chi connectivity index (χ0) is 12.9.